The summed E-state index contributed by atoms with van der Waals surface area (Å²) < 4.78 is 9.92. The van der Waals surface area contributed by atoms with Crippen LogP contribution in [0, 0.1) is 5.41 Å². The van der Waals surface area contributed by atoms with E-state index >= 15 is 0 Å². The molecule has 18 heavy (non-hydrogen) atoms. The Morgan fingerprint density at radius 3 is 2.22 bits per heavy atom. The molecular formula is C12H22O6. The number of aliphatic hydroxyl groups is 3. The number of hydrogen-bond donors (Lipinski definition) is 3. The van der Waals surface area contributed by atoms with Gasteiger partial charge in [-0.25, -0.2) is 4.79 Å². The van der Waals surface area contributed by atoms with Crippen LogP contribution in [0.5, 0.6) is 0 Å². The summed E-state index contributed by atoms with van der Waals surface area (Å²) in [6.45, 7) is 4.77. The van der Waals surface area contributed by atoms with Gasteiger partial charge >= 0.3 is 5.97 Å². The third kappa shape index (κ3) is 5.59. The average Bonchev–Trinajstić information content (AvgIpc) is 2.41. The molecule has 0 spiro atoms. The second-order valence-electron chi connectivity index (χ2n) is 4.10. The van der Waals surface area contributed by atoms with Crippen molar-refractivity contribution in [1.82, 2.24) is 0 Å². The first-order valence-corrected chi connectivity index (χ1v) is 5.80. The highest BCUT2D eigenvalue weighted by molar-refractivity contribution is 5.87. The van der Waals surface area contributed by atoms with Gasteiger partial charge in [0.2, 0.25) is 0 Å². The summed E-state index contributed by atoms with van der Waals surface area (Å²) in [5.41, 5.74) is -0.818. The highest BCUT2D eigenvalue weighted by Crippen LogP contribution is 2.19. The third-order valence-corrected chi connectivity index (χ3v) is 2.64. The van der Waals surface area contributed by atoms with E-state index in [1.165, 1.54) is 0 Å². The Hall–Kier alpha value is -0.950. The molecule has 0 saturated carbocycles. The van der Waals surface area contributed by atoms with Crippen molar-refractivity contribution in [3.05, 3.63) is 12.2 Å². The minimum atomic E-state index is -1.03. The molecule has 0 heterocycles. The largest absolute Gasteiger partial charge is 0.462 e. The van der Waals surface area contributed by atoms with E-state index in [2.05, 4.69) is 6.58 Å². The van der Waals surface area contributed by atoms with E-state index in [4.69, 9.17) is 24.8 Å². The molecule has 0 aromatic rings. The van der Waals surface area contributed by atoms with Crippen LogP contribution >= 0.6 is 0 Å². The number of esters is 1. The Bertz CT molecular complexity index is 251. The lowest BCUT2D eigenvalue weighted by Gasteiger charge is -2.26. The number of aliphatic hydroxyl groups excluding tert-OH is 3. The maximum atomic E-state index is 11.4. The fraction of sp³-hybridized carbons (Fsp3) is 0.750. The summed E-state index contributed by atoms with van der Waals surface area (Å²) >= 11 is 0. The van der Waals surface area contributed by atoms with Gasteiger partial charge in [-0.3, -0.25) is 0 Å². The summed E-state index contributed by atoms with van der Waals surface area (Å²) in [5.74, 6) is -0.578. The Morgan fingerprint density at radius 1 is 1.22 bits per heavy atom. The molecular weight excluding hydrogens is 240 g/mol. The normalized spacial score (nSPS) is 11.3. The lowest BCUT2D eigenvalue weighted by Crippen LogP contribution is -2.35. The topological polar surface area (TPSA) is 96.2 Å². The van der Waals surface area contributed by atoms with Gasteiger partial charge in [0.15, 0.2) is 0 Å². The van der Waals surface area contributed by atoms with Crippen molar-refractivity contribution >= 4 is 5.97 Å². The molecule has 0 aliphatic heterocycles. The molecule has 0 aromatic carbocycles. The number of carbonyl (C=O) groups is 1. The molecule has 6 heteroatoms. The van der Waals surface area contributed by atoms with Gasteiger partial charge in [0.1, 0.15) is 0 Å². The van der Waals surface area contributed by atoms with Gasteiger partial charge < -0.3 is 24.8 Å². The monoisotopic (exact) mass is 262 g/mol. The molecule has 3 N–H and O–H groups in total. The van der Waals surface area contributed by atoms with E-state index in [1.807, 2.05) is 0 Å². The molecule has 106 valence electrons. The van der Waals surface area contributed by atoms with Crippen LogP contribution < -0.4 is 0 Å². The van der Waals surface area contributed by atoms with Crippen molar-refractivity contribution in [2.45, 2.75) is 13.3 Å². The molecule has 0 amide bonds. The smallest absolute Gasteiger partial charge is 0.335 e. The Labute approximate surface area is 107 Å². The zero-order valence-electron chi connectivity index (χ0n) is 10.7. The molecule has 0 atom stereocenters. The van der Waals surface area contributed by atoms with Crippen molar-refractivity contribution in [1.29, 1.82) is 0 Å². The average molecular weight is 262 g/mol. The van der Waals surface area contributed by atoms with Crippen LogP contribution in [-0.2, 0) is 14.3 Å². The highest BCUT2D eigenvalue weighted by Gasteiger charge is 2.28. The van der Waals surface area contributed by atoms with Gasteiger partial charge in [0.25, 0.3) is 0 Å². The lowest BCUT2D eigenvalue weighted by molar-refractivity contribution is -0.141. The first-order chi connectivity index (χ1) is 8.55. The minimum Gasteiger partial charge on any atom is -0.462 e. The maximum absolute atomic E-state index is 11.4. The van der Waals surface area contributed by atoms with E-state index in [9.17, 15) is 4.79 Å². The Kier molecular flexibility index (Phi) is 8.57. The van der Waals surface area contributed by atoms with Crippen molar-refractivity contribution in [3.8, 4) is 0 Å². The van der Waals surface area contributed by atoms with Crippen LogP contribution in [0.1, 0.15) is 13.3 Å². The van der Waals surface area contributed by atoms with Gasteiger partial charge in [0.05, 0.1) is 38.6 Å². The number of rotatable bonds is 10. The number of ether oxygens (including phenoxy) is 2. The summed E-state index contributed by atoms with van der Waals surface area (Å²) in [4.78, 5) is 11.4. The molecule has 6 nitrogen and oxygen atoms in total. The molecule has 0 unspecified atom stereocenters. The van der Waals surface area contributed by atoms with Gasteiger partial charge in [0, 0.05) is 12.0 Å². The second-order valence-corrected chi connectivity index (χ2v) is 4.10. The van der Waals surface area contributed by atoms with Crippen molar-refractivity contribution in [3.63, 3.8) is 0 Å². The lowest BCUT2D eigenvalue weighted by atomic mass is 9.88. The van der Waals surface area contributed by atoms with Crippen molar-refractivity contribution < 1.29 is 29.6 Å². The van der Waals surface area contributed by atoms with E-state index in [0.717, 1.165) is 0 Å². The quantitative estimate of drug-likeness (QED) is 0.362. The van der Waals surface area contributed by atoms with Crippen LogP contribution in [0.4, 0.5) is 0 Å². The summed E-state index contributed by atoms with van der Waals surface area (Å²) in [6.07, 6.45) is 0.171. The van der Waals surface area contributed by atoms with Crippen LogP contribution in [-0.4, -0.2) is 60.9 Å². The predicted molar refractivity (Wildman–Crippen MR) is 64.9 cm³/mol. The summed E-state index contributed by atoms with van der Waals surface area (Å²) in [7, 11) is 0. The van der Waals surface area contributed by atoms with Crippen LogP contribution in [0.3, 0.4) is 0 Å². The summed E-state index contributed by atoms with van der Waals surface area (Å²) in [6, 6.07) is 0. The highest BCUT2D eigenvalue weighted by atomic mass is 16.5. The minimum absolute atomic E-state index is 0.00828. The molecule has 0 fully saturated rings. The van der Waals surface area contributed by atoms with Crippen molar-refractivity contribution in [2.24, 2.45) is 5.41 Å². The fourth-order valence-electron chi connectivity index (χ4n) is 1.13. The predicted octanol–water partition coefficient (Wildman–Crippen LogP) is -0.524. The fourth-order valence-corrected chi connectivity index (χ4v) is 1.13. The first-order valence-electron chi connectivity index (χ1n) is 5.80. The Morgan fingerprint density at radius 2 is 1.78 bits per heavy atom. The van der Waals surface area contributed by atoms with E-state index < -0.39 is 11.4 Å². The third-order valence-electron chi connectivity index (χ3n) is 2.64. The van der Waals surface area contributed by atoms with Gasteiger partial charge in [-0.05, 0) is 13.3 Å². The standard InChI is InChI=1S/C12H22O6/c1-3-17-6-10(2)11(16)18-5-4-12(7-13,8-14)9-15/h13-15H,2-9H2,1H3. The maximum Gasteiger partial charge on any atom is 0.335 e. The zero-order chi connectivity index (χ0) is 14.0. The van der Waals surface area contributed by atoms with E-state index in [0.29, 0.717) is 6.61 Å². The van der Waals surface area contributed by atoms with Crippen molar-refractivity contribution in [2.75, 3.05) is 39.6 Å². The molecule has 0 radical (unpaired) electrons. The molecule has 0 aliphatic rings. The number of carbonyl (C=O) groups excluding carboxylic acids is 1. The Balaban J connectivity index is 4.02. The summed E-state index contributed by atoms with van der Waals surface area (Å²) in [5, 5.41) is 27.2. The second kappa shape index (κ2) is 9.04. The molecule has 0 aliphatic carbocycles. The van der Waals surface area contributed by atoms with Crippen LogP contribution in [0.15, 0.2) is 12.2 Å². The van der Waals surface area contributed by atoms with E-state index in [1.54, 1.807) is 6.92 Å². The molecule has 0 bridgehead atoms. The zero-order valence-corrected chi connectivity index (χ0v) is 10.7. The van der Waals surface area contributed by atoms with Crippen LogP contribution in [0.25, 0.3) is 0 Å². The SMILES string of the molecule is C=C(COCC)C(=O)OCCC(CO)(CO)CO. The number of hydrogen-bond acceptors (Lipinski definition) is 6. The van der Waals surface area contributed by atoms with Crippen LogP contribution in [0.2, 0.25) is 0 Å². The van der Waals surface area contributed by atoms with Gasteiger partial charge in [-0.1, -0.05) is 6.58 Å². The first kappa shape index (κ1) is 17.1. The van der Waals surface area contributed by atoms with Gasteiger partial charge in [-0.2, -0.15) is 0 Å². The molecule has 0 rings (SSSR count). The van der Waals surface area contributed by atoms with E-state index in [-0.39, 0.29) is 45.0 Å². The van der Waals surface area contributed by atoms with Gasteiger partial charge in [-0.15, -0.1) is 0 Å². The molecule has 0 aromatic heterocycles. The molecule has 0 saturated heterocycles.